The van der Waals surface area contributed by atoms with Gasteiger partial charge in [-0.05, 0) is 19.4 Å². The van der Waals surface area contributed by atoms with E-state index in [2.05, 4.69) is 22.0 Å². The molecule has 0 saturated carbocycles. The molecule has 0 fully saturated rings. The first-order valence-corrected chi connectivity index (χ1v) is 6.19. The second kappa shape index (κ2) is 6.74. The van der Waals surface area contributed by atoms with Gasteiger partial charge >= 0.3 is 6.01 Å². The summed E-state index contributed by atoms with van der Waals surface area (Å²) in [5.41, 5.74) is 2.20. The Hall–Kier alpha value is -1.91. The number of nitrogens with zero attached hydrogens (tertiary/aromatic N) is 4. The summed E-state index contributed by atoms with van der Waals surface area (Å²) in [5.74, 6) is 0.575. The third-order valence-electron chi connectivity index (χ3n) is 2.45. The average Bonchev–Trinajstić information content (AvgIpc) is 2.68. The SMILES string of the molecule is CC.CCc1c(C)c(Oc2ncccn2)nn1C. The second-order valence-corrected chi connectivity index (χ2v) is 3.49. The van der Waals surface area contributed by atoms with Gasteiger partial charge in [-0.1, -0.05) is 20.8 Å². The molecule has 5 heteroatoms. The largest absolute Gasteiger partial charge is 0.403 e. The summed E-state index contributed by atoms with van der Waals surface area (Å²) >= 11 is 0. The zero-order chi connectivity index (χ0) is 13.5. The van der Waals surface area contributed by atoms with Crippen LogP contribution in [-0.4, -0.2) is 19.7 Å². The van der Waals surface area contributed by atoms with Crippen molar-refractivity contribution in [1.29, 1.82) is 0 Å². The Balaban J connectivity index is 0.000000771. The van der Waals surface area contributed by atoms with Crippen LogP contribution in [0.2, 0.25) is 0 Å². The molecule has 0 spiro atoms. The molecule has 98 valence electrons. The molecular formula is C13H20N4O. The summed E-state index contributed by atoms with van der Waals surface area (Å²) in [4.78, 5) is 7.99. The zero-order valence-corrected chi connectivity index (χ0v) is 11.6. The minimum Gasteiger partial charge on any atom is -0.403 e. The van der Waals surface area contributed by atoms with Crippen LogP contribution in [0.5, 0.6) is 11.9 Å². The topological polar surface area (TPSA) is 52.8 Å². The fourth-order valence-electron chi connectivity index (χ4n) is 1.65. The van der Waals surface area contributed by atoms with Gasteiger partial charge in [-0.25, -0.2) is 9.97 Å². The number of rotatable bonds is 3. The van der Waals surface area contributed by atoms with Gasteiger partial charge < -0.3 is 4.74 Å². The molecule has 0 saturated heterocycles. The van der Waals surface area contributed by atoms with E-state index in [0.717, 1.165) is 17.7 Å². The Kier molecular flexibility index (Phi) is 5.30. The lowest BCUT2D eigenvalue weighted by Crippen LogP contribution is -1.96. The molecule has 0 unspecified atom stereocenters. The highest BCUT2D eigenvalue weighted by atomic mass is 16.5. The summed E-state index contributed by atoms with van der Waals surface area (Å²) < 4.78 is 7.35. The Morgan fingerprint density at radius 1 is 1.22 bits per heavy atom. The van der Waals surface area contributed by atoms with Crippen LogP contribution in [0.1, 0.15) is 32.0 Å². The van der Waals surface area contributed by atoms with E-state index in [-0.39, 0.29) is 0 Å². The molecule has 0 radical (unpaired) electrons. The molecule has 0 aliphatic heterocycles. The third-order valence-corrected chi connectivity index (χ3v) is 2.45. The lowest BCUT2D eigenvalue weighted by Gasteiger charge is -1.99. The zero-order valence-electron chi connectivity index (χ0n) is 11.6. The summed E-state index contributed by atoms with van der Waals surface area (Å²) in [7, 11) is 1.91. The van der Waals surface area contributed by atoms with Gasteiger partial charge in [0.2, 0.25) is 5.88 Å². The van der Waals surface area contributed by atoms with Crippen LogP contribution in [-0.2, 0) is 13.5 Å². The third kappa shape index (κ3) is 3.06. The van der Waals surface area contributed by atoms with Crippen molar-refractivity contribution in [3.8, 4) is 11.9 Å². The number of hydrogen-bond donors (Lipinski definition) is 0. The van der Waals surface area contributed by atoms with E-state index in [0.29, 0.717) is 11.9 Å². The maximum atomic E-state index is 5.52. The predicted molar refractivity (Wildman–Crippen MR) is 70.8 cm³/mol. The lowest BCUT2D eigenvalue weighted by atomic mass is 10.2. The fourth-order valence-corrected chi connectivity index (χ4v) is 1.65. The van der Waals surface area contributed by atoms with Crippen molar-refractivity contribution in [3.63, 3.8) is 0 Å². The van der Waals surface area contributed by atoms with Crippen molar-refractivity contribution >= 4 is 0 Å². The molecule has 0 bridgehead atoms. The molecule has 18 heavy (non-hydrogen) atoms. The van der Waals surface area contributed by atoms with Crippen molar-refractivity contribution in [1.82, 2.24) is 19.7 Å². The highest BCUT2D eigenvalue weighted by molar-refractivity contribution is 5.31. The molecule has 2 rings (SSSR count). The van der Waals surface area contributed by atoms with Crippen LogP contribution in [0.4, 0.5) is 0 Å². The Labute approximate surface area is 108 Å². The van der Waals surface area contributed by atoms with Gasteiger partial charge in [-0.15, -0.1) is 5.10 Å². The van der Waals surface area contributed by atoms with Gasteiger partial charge in [0, 0.05) is 30.7 Å². The van der Waals surface area contributed by atoms with Crippen molar-refractivity contribution in [3.05, 3.63) is 29.7 Å². The molecular weight excluding hydrogens is 228 g/mol. The monoisotopic (exact) mass is 248 g/mol. The van der Waals surface area contributed by atoms with Crippen LogP contribution in [0, 0.1) is 6.92 Å². The van der Waals surface area contributed by atoms with Crippen LogP contribution in [0.15, 0.2) is 18.5 Å². The van der Waals surface area contributed by atoms with Gasteiger partial charge in [0.05, 0.1) is 0 Å². The Bertz CT molecular complexity index is 479. The quantitative estimate of drug-likeness (QED) is 0.838. The molecule has 0 atom stereocenters. The van der Waals surface area contributed by atoms with Crippen molar-refractivity contribution in [2.45, 2.75) is 34.1 Å². The number of aryl methyl sites for hydroxylation is 1. The van der Waals surface area contributed by atoms with Crippen LogP contribution >= 0.6 is 0 Å². The maximum absolute atomic E-state index is 5.52. The number of aromatic nitrogens is 4. The van der Waals surface area contributed by atoms with Crippen LogP contribution < -0.4 is 4.74 Å². The summed E-state index contributed by atoms with van der Waals surface area (Å²) in [6, 6.07) is 2.07. The van der Waals surface area contributed by atoms with Crippen molar-refractivity contribution in [2.75, 3.05) is 0 Å². The summed E-state index contributed by atoms with van der Waals surface area (Å²) in [5, 5.41) is 4.29. The van der Waals surface area contributed by atoms with E-state index in [9.17, 15) is 0 Å². The highest BCUT2D eigenvalue weighted by Gasteiger charge is 2.13. The molecule has 0 N–H and O–H groups in total. The minimum atomic E-state index is 0.325. The van der Waals surface area contributed by atoms with E-state index < -0.39 is 0 Å². The standard InChI is InChI=1S/C11H14N4O.C2H6/c1-4-9-8(2)10(14-15(9)3)16-11-12-6-5-7-13-11;1-2/h5-7H,4H2,1-3H3;1-2H3. The summed E-state index contributed by atoms with van der Waals surface area (Å²) in [6.07, 6.45) is 4.21. The van der Waals surface area contributed by atoms with Crippen molar-refractivity contribution < 1.29 is 4.74 Å². The van der Waals surface area contributed by atoms with E-state index >= 15 is 0 Å². The molecule has 0 aliphatic rings. The molecule has 0 aromatic carbocycles. The maximum Gasteiger partial charge on any atom is 0.323 e. The van der Waals surface area contributed by atoms with Gasteiger partial charge in [0.25, 0.3) is 0 Å². The van der Waals surface area contributed by atoms with E-state index in [1.807, 2.05) is 32.5 Å². The molecule has 5 nitrogen and oxygen atoms in total. The molecule has 2 heterocycles. The van der Waals surface area contributed by atoms with Gasteiger partial charge in [0.1, 0.15) is 0 Å². The molecule has 0 amide bonds. The minimum absolute atomic E-state index is 0.325. The predicted octanol–water partition coefficient (Wildman–Crippen LogP) is 2.90. The van der Waals surface area contributed by atoms with Gasteiger partial charge in [-0.3, -0.25) is 4.68 Å². The second-order valence-electron chi connectivity index (χ2n) is 3.49. The first-order chi connectivity index (χ1) is 8.72. The van der Waals surface area contributed by atoms with Gasteiger partial charge in [0.15, 0.2) is 0 Å². The van der Waals surface area contributed by atoms with E-state index in [1.165, 1.54) is 0 Å². The van der Waals surface area contributed by atoms with E-state index in [1.54, 1.807) is 18.5 Å². The van der Waals surface area contributed by atoms with Crippen LogP contribution in [0.25, 0.3) is 0 Å². The molecule has 0 aliphatic carbocycles. The first-order valence-electron chi connectivity index (χ1n) is 6.19. The van der Waals surface area contributed by atoms with Crippen molar-refractivity contribution in [2.24, 2.45) is 7.05 Å². The summed E-state index contributed by atoms with van der Waals surface area (Å²) in [6.45, 7) is 8.08. The first kappa shape index (κ1) is 14.2. The number of hydrogen-bond acceptors (Lipinski definition) is 4. The number of ether oxygens (including phenoxy) is 1. The van der Waals surface area contributed by atoms with Gasteiger partial charge in [-0.2, -0.15) is 0 Å². The fraction of sp³-hybridized carbons (Fsp3) is 0.462. The smallest absolute Gasteiger partial charge is 0.323 e. The normalized spacial score (nSPS) is 9.61. The van der Waals surface area contributed by atoms with E-state index in [4.69, 9.17) is 4.74 Å². The lowest BCUT2D eigenvalue weighted by molar-refractivity contribution is 0.416. The van der Waals surface area contributed by atoms with Crippen LogP contribution in [0.3, 0.4) is 0 Å². The highest BCUT2D eigenvalue weighted by Crippen LogP contribution is 2.23. The Morgan fingerprint density at radius 2 is 1.83 bits per heavy atom. The molecule has 2 aromatic heterocycles. The average molecular weight is 248 g/mol. The Morgan fingerprint density at radius 3 is 2.33 bits per heavy atom. The molecule has 2 aromatic rings.